The van der Waals surface area contributed by atoms with E-state index in [1.165, 1.54) is 0 Å². The molecule has 8 heteroatoms. The predicted octanol–water partition coefficient (Wildman–Crippen LogP) is 6.37. The van der Waals surface area contributed by atoms with Crippen molar-refractivity contribution in [2.24, 2.45) is 0 Å². The summed E-state index contributed by atoms with van der Waals surface area (Å²) in [6, 6.07) is 23.1. The summed E-state index contributed by atoms with van der Waals surface area (Å²) in [5.74, 6) is 1.13. The van der Waals surface area contributed by atoms with E-state index in [0.29, 0.717) is 41.4 Å². The van der Waals surface area contributed by atoms with E-state index < -0.39 is 6.10 Å². The third kappa shape index (κ3) is 7.51. The first-order chi connectivity index (χ1) is 21.2. The molecule has 228 valence electrons. The van der Waals surface area contributed by atoms with Crippen molar-refractivity contribution in [2.45, 2.75) is 46.3 Å². The van der Waals surface area contributed by atoms with E-state index in [-0.39, 0.29) is 11.6 Å². The van der Waals surface area contributed by atoms with Crippen LogP contribution in [0.5, 0.6) is 5.75 Å². The van der Waals surface area contributed by atoms with Gasteiger partial charge in [-0.3, -0.25) is 4.79 Å². The quantitative estimate of drug-likeness (QED) is 0.151. The molecule has 0 radical (unpaired) electrons. The minimum absolute atomic E-state index is 0.138. The number of nitrogens with one attached hydrogen (secondary N) is 3. The maximum atomic E-state index is 13.1. The molecule has 3 aromatic carbocycles. The number of nitrogens with zero attached hydrogens (tertiary/aromatic N) is 2. The topological polar surface area (TPSA) is 111 Å². The Bertz CT molecular complexity index is 1620. The highest BCUT2D eigenvalue weighted by Gasteiger charge is 2.23. The number of rotatable bonds is 11. The van der Waals surface area contributed by atoms with Crippen LogP contribution in [0.4, 0.5) is 11.5 Å². The second-order valence-corrected chi connectivity index (χ2v) is 11.6. The van der Waals surface area contributed by atoms with Crippen molar-refractivity contribution in [2.75, 3.05) is 37.4 Å². The number of anilines is 2. The number of carbonyl (C=O) groups excluding carboxylic acids is 1. The van der Waals surface area contributed by atoms with E-state index >= 15 is 0 Å². The lowest BCUT2D eigenvalue weighted by atomic mass is 10.0. The van der Waals surface area contributed by atoms with Gasteiger partial charge in [-0.2, -0.15) is 0 Å². The zero-order chi connectivity index (χ0) is 31.2. The predicted molar refractivity (Wildman–Crippen MR) is 177 cm³/mol. The van der Waals surface area contributed by atoms with E-state index in [9.17, 15) is 9.90 Å². The lowest BCUT2D eigenvalue weighted by Gasteiger charge is -2.22. The monoisotopic (exact) mass is 591 g/mol. The van der Waals surface area contributed by atoms with Crippen molar-refractivity contribution in [3.05, 3.63) is 106 Å². The van der Waals surface area contributed by atoms with Crippen molar-refractivity contribution < 1.29 is 14.6 Å². The third-order valence-corrected chi connectivity index (χ3v) is 8.02. The van der Waals surface area contributed by atoms with Crippen LogP contribution < -0.4 is 15.4 Å². The maximum Gasteiger partial charge on any atom is 0.255 e. The number of β-amino-alcohol motifs (C(OH)–C–C–N with tert-alkyl or cyclic N) is 1. The Morgan fingerprint density at radius 1 is 0.977 bits per heavy atom. The number of aryl methyl sites for hydroxylation is 3. The van der Waals surface area contributed by atoms with Gasteiger partial charge in [0.1, 0.15) is 17.7 Å². The summed E-state index contributed by atoms with van der Waals surface area (Å²) in [5.41, 5.74) is 7.65. The first-order valence-electron chi connectivity index (χ1n) is 15.1. The molecule has 0 aliphatic carbocycles. The standard InChI is InChI=1S/C36H41N5O3/c1-23-17-24(2)19-27(18-23)36(43)39-28-10-7-25(3)31(20-28)32-14-13-30(34(37)33(42)22-41-15-5-6-16-41)35(40-32)38-21-26-8-11-29(44-4)12-9-26/h7-14,17-20,33,37,42H,5-6,15-16,21-22H2,1-4H3,(H,38,40)(H,39,43). The number of methoxy groups -OCH3 is 1. The average Bonchev–Trinajstić information content (AvgIpc) is 3.53. The van der Waals surface area contributed by atoms with Crippen LogP contribution in [-0.4, -0.2) is 59.5 Å². The molecule has 44 heavy (non-hydrogen) atoms. The molecule has 4 aromatic rings. The maximum absolute atomic E-state index is 13.1. The number of aromatic nitrogens is 1. The number of amides is 1. The van der Waals surface area contributed by atoms with Crippen LogP contribution in [0.15, 0.2) is 72.8 Å². The molecule has 1 amide bonds. The van der Waals surface area contributed by atoms with Gasteiger partial charge in [0.15, 0.2) is 0 Å². The van der Waals surface area contributed by atoms with Crippen LogP contribution in [0, 0.1) is 26.2 Å². The molecule has 1 atom stereocenters. The lowest BCUT2D eigenvalue weighted by molar-refractivity contribution is 0.102. The minimum Gasteiger partial charge on any atom is -0.497 e. The molecular weight excluding hydrogens is 550 g/mol. The highest BCUT2D eigenvalue weighted by Crippen LogP contribution is 2.29. The molecule has 8 nitrogen and oxygen atoms in total. The number of likely N-dealkylation sites (tertiary alicyclic amines) is 1. The van der Waals surface area contributed by atoms with Crippen molar-refractivity contribution in [3.63, 3.8) is 0 Å². The van der Waals surface area contributed by atoms with Gasteiger partial charge in [0.2, 0.25) is 0 Å². The molecule has 5 rings (SSSR count). The van der Waals surface area contributed by atoms with Crippen LogP contribution in [-0.2, 0) is 6.54 Å². The summed E-state index contributed by atoms with van der Waals surface area (Å²) in [6.45, 7) is 8.77. The normalized spacial score (nSPS) is 13.8. The fourth-order valence-corrected chi connectivity index (χ4v) is 5.66. The van der Waals surface area contributed by atoms with Crippen LogP contribution in [0.2, 0.25) is 0 Å². The van der Waals surface area contributed by atoms with E-state index in [4.69, 9.17) is 15.1 Å². The Balaban J connectivity index is 1.43. The van der Waals surface area contributed by atoms with Gasteiger partial charge in [0, 0.05) is 35.5 Å². The number of ether oxygens (including phenoxy) is 1. The highest BCUT2D eigenvalue weighted by molar-refractivity contribution is 6.06. The zero-order valence-corrected chi connectivity index (χ0v) is 25.9. The molecule has 0 bridgehead atoms. The first kappa shape index (κ1) is 30.9. The largest absolute Gasteiger partial charge is 0.497 e. The first-order valence-corrected chi connectivity index (χ1v) is 15.1. The fraction of sp³-hybridized carbons (Fsp3) is 0.306. The molecule has 1 fully saturated rings. The molecular formula is C36H41N5O3. The van der Waals surface area contributed by atoms with Crippen molar-refractivity contribution >= 4 is 23.1 Å². The second-order valence-electron chi connectivity index (χ2n) is 11.6. The van der Waals surface area contributed by atoms with Gasteiger partial charge in [-0.25, -0.2) is 4.98 Å². The fourth-order valence-electron chi connectivity index (χ4n) is 5.66. The van der Waals surface area contributed by atoms with E-state index in [2.05, 4.69) is 15.5 Å². The van der Waals surface area contributed by atoms with E-state index in [1.807, 2.05) is 93.6 Å². The van der Waals surface area contributed by atoms with Gasteiger partial charge in [0.25, 0.3) is 5.91 Å². The van der Waals surface area contributed by atoms with Gasteiger partial charge in [0.05, 0.1) is 18.5 Å². The van der Waals surface area contributed by atoms with Crippen LogP contribution in [0.25, 0.3) is 11.3 Å². The number of aliphatic hydroxyl groups excluding tert-OH is 1. The number of pyridine rings is 1. The molecule has 1 aliphatic heterocycles. The second kappa shape index (κ2) is 13.8. The summed E-state index contributed by atoms with van der Waals surface area (Å²) in [6.07, 6.45) is 1.32. The van der Waals surface area contributed by atoms with Crippen LogP contribution in [0.3, 0.4) is 0 Å². The zero-order valence-electron chi connectivity index (χ0n) is 25.9. The van der Waals surface area contributed by atoms with Crippen LogP contribution >= 0.6 is 0 Å². The number of hydrogen-bond acceptors (Lipinski definition) is 7. The Morgan fingerprint density at radius 3 is 2.36 bits per heavy atom. The Hall–Kier alpha value is -4.53. The van der Waals surface area contributed by atoms with E-state index in [1.54, 1.807) is 7.11 Å². The molecule has 1 aliphatic rings. The Kier molecular flexibility index (Phi) is 9.72. The molecule has 4 N–H and O–H groups in total. The summed E-state index contributed by atoms with van der Waals surface area (Å²) in [7, 11) is 1.64. The third-order valence-electron chi connectivity index (χ3n) is 8.02. The number of benzene rings is 3. The summed E-state index contributed by atoms with van der Waals surface area (Å²) in [5, 5.41) is 26.4. The van der Waals surface area contributed by atoms with Gasteiger partial charge < -0.3 is 30.8 Å². The SMILES string of the molecule is COc1ccc(CNc2nc(-c3cc(NC(=O)c4cc(C)cc(C)c4)ccc3C)ccc2C(=N)C(O)CN2CCCC2)cc1. The van der Waals surface area contributed by atoms with Gasteiger partial charge in [-0.15, -0.1) is 0 Å². The lowest BCUT2D eigenvalue weighted by Crippen LogP contribution is -2.35. The summed E-state index contributed by atoms with van der Waals surface area (Å²) >= 11 is 0. The molecule has 1 aromatic heterocycles. The average molecular weight is 592 g/mol. The molecule has 1 saturated heterocycles. The van der Waals surface area contributed by atoms with Crippen molar-refractivity contribution in [1.29, 1.82) is 5.41 Å². The minimum atomic E-state index is -0.923. The molecule has 2 heterocycles. The van der Waals surface area contributed by atoms with E-state index in [0.717, 1.165) is 59.5 Å². The van der Waals surface area contributed by atoms with Crippen LogP contribution in [0.1, 0.15) is 51.0 Å². The smallest absolute Gasteiger partial charge is 0.255 e. The highest BCUT2D eigenvalue weighted by atomic mass is 16.5. The molecule has 1 unspecified atom stereocenters. The van der Waals surface area contributed by atoms with Crippen molar-refractivity contribution in [3.8, 4) is 17.0 Å². The van der Waals surface area contributed by atoms with Gasteiger partial charge in [-0.1, -0.05) is 35.4 Å². The summed E-state index contributed by atoms with van der Waals surface area (Å²) in [4.78, 5) is 20.3. The Morgan fingerprint density at radius 2 is 1.68 bits per heavy atom. The summed E-state index contributed by atoms with van der Waals surface area (Å²) < 4.78 is 5.29. The number of hydrogen-bond donors (Lipinski definition) is 4. The molecule has 0 saturated carbocycles. The Labute approximate surface area is 259 Å². The molecule has 0 spiro atoms. The number of aliphatic hydroxyl groups is 1. The van der Waals surface area contributed by atoms with Gasteiger partial charge >= 0.3 is 0 Å². The van der Waals surface area contributed by atoms with Gasteiger partial charge in [-0.05, 0) is 106 Å². The van der Waals surface area contributed by atoms with Crippen molar-refractivity contribution in [1.82, 2.24) is 9.88 Å². The number of carbonyl (C=O) groups is 1.